The third-order valence-electron chi connectivity index (χ3n) is 2.87. The van der Waals surface area contributed by atoms with E-state index in [-0.39, 0.29) is 22.8 Å². The van der Waals surface area contributed by atoms with Crippen molar-refractivity contribution in [2.45, 2.75) is 12.8 Å². The van der Waals surface area contributed by atoms with E-state index in [1.165, 1.54) is 12.1 Å². The highest BCUT2D eigenvalue weighted by molar-refractivity contribution is 6.00. The molecule has 1 saturated heterocycles. The lowest BCUT2D eigenvalue weighted by atomic mass is 10.1. The highest BCUT2D eigenvalue weighted by Gasteiger charge is 2.28. The van der Waals surface area contributed by atoms with Crippen LogP contribution in [0.25, 0.3) is 0 Å². The molecule has 1 aliphatic rings. The molecule has 0 spiro atoms. The van der Waals surface area contributed by atoms with Gasteiger partial charge in [-0.3, -0.25) is 14.9 Å². The third kappa shape index (κ3) is 2.06. The minimum atomic E-state index is -0.599. The van der Waals surface area contributed by atoms with Crippen LogP contribution in [0.1, 0.15) is 23.2 Å². The minimum absolute atomic E-state index is 0.0278. The molecule has 0 unspecified atom stereocenters. The van der Waals surface area contributed by atoms with Gasteiger partial charge in [0.05, 0.1) is 4.92 Å². The molecule has 2 rings (SSSR count). The number of rotatable bonds is 2. The number of likely N-dealkylation sites (tertiary alicyclic amines) is 1. The summed E-state index contributed by atoms with van der Waals surface area (Å²) in [6.45, 7) is 1.32. The summed E-state index contributed by atoms with van der Waals surface area (Å²) in [4.78, 5) is 24.0. The van der Waals surface area contributed by atoms with Crippen LogP contribution in [0.3, 0.4) is 0 Å². The number of nitro groups is 1. The van der Waals surface area contributed by atoms with Crippen LogP contribution in [0.4, 0.5) is 11.4 Å². The molecule has 1 aromatic carbocycles. The molecule has 6 nitrogen and oxygen atoms in total. The van der Waals surface area contributed by atoms with Crippen molar-refractivity contribution in [3.63, 3.8) is 0 Å². The Labute approximate surface area is 98.2 Å². The van der Waals surface area contributed by atoms with Crippen LogP contribution in [-0.4, -0.2) is 28.8 Å². The van der Waals surface area contributed by atoms with Gasteiger partial charge in [-0.1, -0.05) is 6.07 Å². The van der Waals surface area contributed by atoms with Crippen LogP contribution in [0.2, 0.25) is 0 Å². The van der Waals surface area contributed by atoms with E-state index in [4.69, 9.17) is 5.73 Å². The molecule has 0 bridgehead atoms. The van der Waals surface area contributed by atoms with Gasteiger partial charge in [0.2, 0.25) is 0 Å². The molecule has 0 radical (unpaired) electrons. The van der Waals surface area contributed by atoms with Crippen molar-refractivity contribution >= 4 is 17.3 Å². The molecule has 0 aromatic heterocycles. The fourth-order valence-electron chi connectivity index (χ4n) is 2.03. The quantitative estimate of drug-likeness (QED) is 0.476. The Bertz CT molecular complexity index is 467. The molecule has 1 amide bonds. The lowest BCUT2D eigenvalue weighted by Gasteiger charge is -2.15. The van der Waals surface area contributed by atoms with E-state index in [9.17, 15) is 14.9 Å². The molecule has 17 heavy (non-hydrogen) atoms. The first-order valence-corrected chi connectivity index (χ1v) is 5.43. The van der Waals surface area contributed by atoms with Crippen LogP contribution in [-0.2, 0) is 0 Å². The Morgan fingerprint density at radius 2 is 2.00 bits per heavy atom. The fourth-order valence-corrected chi connectivity index (χ4v) is 2.03. The summed E-state index contributed by atoms with van der Waals surface area (Å²) >= 11 is 0. The van der Waals surface area contributed by atoms with E-state index in [0.717, 1.165) is 12.8 Å². The van der Waals surface area contributed by atoms with Crippen molar-refractivity contribution < 1.29 is 9.72 Å². The molecule has 1 heterocycles. The molecule has 1 aliphatic heterocycles. The molecule has 1 fully saturated rings. The largest absolute Gasteiger partial charge is 0.393 e. The highest BCUT2D eigenvalue weighted by Crippen LogP contribution is 2.27. The highest BCUT2D eigenvalue weighted by atomic mass is 16.6. The van der Waals surface area contributed by atoms with Gasteiger partial charge in [-0.05, 0) is 25.0 Å². The number of benzene rings is 1. The molecule has 6 heteroatoms. The summed E-state index contributed by atoms with van der Waals surface area (Å²) in [5.74, 6) is -0.304. The normalized spacial score (nSPS) is 14.9. The second-order valence-electron chi connectivity index (χ2n) is 4.00. The molecule has 90 valence electrons. The number of nitro benzene ring substituents is 1. The van der Waals surface area contributed by atoms with E-state index >= 15 is 0 Å². The minimum Gasteiger partial charge on any atom is -0.393 e. The zero-order valence-corrected chi connectivity index (χ0v) is 9.26. The van der Waals surface area contributed by atoms with Crippen LogP contribution in [0, 0.1) is 10.1 Å². The van der Waals surface area contributed by atoms with Gasteiger partial charge < -0.3 is 10.6 Å². The number of anilines is 1. The van der Waals surface area contributed by atoms with Gasteiger partial charge in [-0.2, -0.15) is 0 Å². The summed E-state index contributed by atoms with van der Waals surface area (Å²) in [5, 5.41) is 10.9. The van der Waals surface area contributed by atoms with Gasteiger partial charge in [0.25, 0.3) is 5.91 Å². The van der Waals surface area contributed by atoms with Crippen LogP contribution in [0.15, 0.2) is 18.2 Å². The van der Waals surface area contributed by atoms with E-state index in [0.29, 0.717) is 13.1 Å². The first-order chi connectivity index (χ1) is 8.11. The fraction of sp³-hybridized carbons (Fsp3) is 0.364. The summed E-state index contributed by atoms with van der Waals surface area (Å²) in [6.07, 6.45) is 1.89. The Morgan fingerprint density at radius 3 is 2.59 bits per heavy atom. The van der Waals surface area contributed by atoms with Crippen molar-refractivity contribution in [1.82, 2.24) is 4.90 Å². The Balaban J connectivity index is 2.40. The number of nitrogens with two attached hydrogens (primary N) is 1. The van der Waals surface area contributed by atoms with Crippen LogP contribution < -0.4 is 5.73 Å². The topological polar surface area (TPSA) is 89.5 Å². The average Bonchev–Trinajstić information content (AvgIpc) is 2.80. The van der Waals surface area contributed by atoms with Crippen LogP contribution >= 0.6 is 0 Å². The van der Waals surface area contributed by atoms with Gasteiger partial charge in [-0.25, -0.2) is 0 Å². The predicted molar refractivity (Wildman–Crippen MR) is 62.6 cm³/mol. The molecule has 0 aliphatic carbocycles. The molecular weight excluding hydrogens is 222 g/mol. The Morgan fingerprint density at radius 1 is 1.35 bits per heavy atom. The molecular formula is C11H13N3O3. The smallest absolute Gasteiger partial charge is 0.304 e. The van der Waals surface area contributed by atoms with Gasteiger partial charge >= 0.3 is 5.69 Å². The maximum atomic E-state index is 12.1. The number of carbonyl (C=O) groups is 1. The lowest BCUT2D eigenvalue weighted by Crippen LogP contribution is -2.28. The maximum Gasteiger partial charge on any atom is 0.304 e. The first-order valence-electron chi connectivity index (χ1n) is 5.43. The molecule has 0 atom stereocenters. The molecule has 0 saturated carbocycles. The number of hydrogen-bond acceptors (Lipinski definition) is 4. The first kappa shape index (κ1) is 11.4. The average molecular weight is 235 g/mol. The number of amides is 1. The van der Waals surface area contributed by atoms with E-state index < -0.39 is 4.92 Å². The van der Waals surface area contributed by atoms with Crippen molar-refractivity contribution in [3.05, 3.63) is 33.9 Å². The summed E-state index contributed by atoms with van der Waals surface area (Å²) in [5.41, 5.74) is 5.37. The second-order valence-corrected chi connectivity index (χ2v) is 4.00. The van der Waals surface area contributed by atoms with Crippen LogP contribution in [0.5, 0.6) is 0 Å². The van der Waals surface area contributed by atoms with Crippen molar-refractivity contribution in [1.29, 1.82) is 0 Å². The maximum absolute atomic E-state index is 12.1. The number of carbonyl (C=O) groups excluding carboxylic acids is 1. The second kappa shape index (κ2) is 4.40. The monoisotopic (exact) mass is 235 g/mol. The van der Waals surface area contributed by atoms with E-state index in [1.807, 2.05) is 0 Å². The third-order valence-corrected chi connectivity index (χ3v) is 2.87. The standard InChI is InChI=1S/C11H13N3O3/c12-9-5-3-4-8(10(9)14(16)17)11(15)13-6-1-2-7-13/h3-5H,1-2,6-7,12H2. The Kier molecular flexibility index (Phi) is 2.95. The predicted octanol–water partition coefficient (Wildman–Crippen LogP) is 1.41. The van der Waals surface area contributed by atoms with E-state index in [2.05, 4.69) is 0 Å². The number of nitrogen functional groups attached to an aromatic ring is 1. The Hall–Kier alpha value is -2.11. The van der Waals surface area contributed by atoms with Gasteiger partial charge in [0, 0.05) is 13.1 Å². The van der Waals surface area contributed by atoms with Gasteiger partial charge in [0.15, 0.2) is 0 Å². The zero-order chi connectivity index (χ0) is 12.4. The number of nitrogens with zero attached hydrogens (tertiary/aromatic N) is 2. The van der Waals surface area contributed by atoms with Crippen molar-refractivity contribution in [2.24, 2.45) is 0 Å². The van der Waals surface area contributed by atoms with E-state index in [1.54, 1.807) is 11.0 Å². The van der Waals surface area contributed by atoms with Gasteiger partial charge in [0.1, 0.15) is 11.3 Å². The summed E-state index contributed by atoms with van der Waals surface area (Å²) in [7, 11) is 0. The van der Waals surface area contributed by atoms with Crippen molar-refractivity contribution in [3.8, 4) is 0 Å². The molecule has 2 N–H and O–H groups in total. The lowest BCUT2D eigenvalue weighted by molar-refractivity contribution is -0.384. The summed E-state index contributed by atoms with van der Waals surface area (Å²) in [6, 6.07) is 4.44. The van der Waals surface area contributed by atoms with Crippen molar-refractivity contribution in [2.75, 3.05) is 18.8 Å². The zero-order valence-electron chi connectivity index (χ0n) is 9.26. The molecule has 1 aromatic rings. The number of hydrogen-bond donors (Lipinski definition) is 1. The summed E-state index contributed by atoms with van der Waals surface area (Å²) < 4.78 is 0. The van der Waals surface area contributed by atoms with Gasteiger partial charge in [-0.15, -0.1) is 0 Å². The SMILES string of the molecule is Nc1cccc(C(=O)N2CCCC2)c1[N+](=O)[O-]. The number of para-hydroxylation sites is 1.